The van der Waals surface area contributed by atoms with E-state index in [1.807, 2.05) is 0 Å². The zero-order chi connectivity index (χ0) is 17.4. The molecule has 0 bridgehead atoms. The number of rotatable bonds is 6. The van der Waals surface area contributed by atoms with E-state index in [-0.39, 0.29) is 11.8 Å². The van der Waals surface area contributed by atoms with E-state index < -0.39 is 12.1 Å². The van der Waals surface area contributed by atoms with Crippen LogP contribution in [-0.2, 0) is 9.53 Å². The lowest BCUT2D eigenvalue weighted by Crippen LogP contribution is -2.51. The largest absolute Gasteiger partial charge is 0.383 e. The smallest absolute Gasteiger partial charge is 0.319 e. The first kappa shape index (κ1) is 17.7. The molecule has 1 fully saturated rings. The predicted molar refractivity (Wildman–Crippen MR) is 88.8 cm³/mol. The molecule has 0 aromatic heterocycles. The molecule has 1 unspecified atom stereocenters. The lowest BCUT2D eigenvalue weighted by Gasteiger charge is -2.22. The molecule has 0 aliphatic carbocycles. The van der Waals surface area contributed by atoms with Crippen LogP contribution in [0.3, 0.4) is 0 Å². The average molecular weight is 334 g/mol. The summed E-state index contributed by atoms with van der Waals surface area (Å²) in [6, 6.07) is 5.53. The standard InChI is InChI=1S/C16H22N4O4/c1-24-10-9-18-14(21)11-4-6-12(7-5-11)19-16(23)20-13-3-2-8-17-15(13)22/h4-7,13H,2-3,8-10H2,1H3,(H,17,22)(H,18,21)(H2,19,20,23). The maximum absolute atomic E-state index is 11.9. The van der Waals surface area contributed by atoms with Crippen LogP contribution in [-0.4, -0.2) is 50.7 Å². The van der Waals surface area contributed by atoms with Gasteiger partial charge < -0.3 is 26.0 Å². The molecule has 1 aromatic rings. The Morgan fingerprint density at radius 2 is 2.04 bits per heavy atom. The van der Waals surface area contributed by atoms with Crippen molar-refractivity contribution in [3.05, 3.63) is 29.8 Å². The molecule has 1 aliphatic heterocycles. The number of carbonyl (C=O) groups excluding carboxylic acids is 3. The average Bonchev–Trinajstić information content (AvgIpc) is 2.58. The molecule has 2 rings (SSSR count). The molecular weight excluding hydrogens is 312 g/mol. The molecular formula is C16H22N4O4. The van der Waals surface area contributed by atoms with E-state index >= 15 is 0 Å². The molecule has 0 radical (unpaired) electrons. The summed E-state index contributed by atoms with van der Waals surface area (Å²) in [5.41, 5.74) is 1.03. The molecule has 4 N–H and O–H groups in total. The molecule has 8 nitrogen and oxygen atoms in total. The first-order chi connectivity index (χ1) is 11.6. The number of hydrogen-bond acceptors (Lipinski definition) is 4. The minimum Gasteiger partial charge on any atom is -0.383 e. The Balaban J connectivity index is 1.83. The summed E-state index contributed by atoms with van der Waals surface area (Å²) < 4.78 is 4.86. The van der Waals surface area contributed by atoms with Gasteiger partial charge in [-0.1, -0.05) is 0 Å². The number of carbonyl (C=O) groups is 3. The van der Waals surface area contributed by atoms with Gasteiger partial charge in [-0.25, -0.2) is 4.79 Å². The summed E-state index contributed by atoms with van der Waals surface area (Å²) in [7, 11) is 1.56. The van der Waals surface area contributed by atoms with Gasteiger partial charge in [0, 0.05) is 31.5 Å². The molecule has 8 heteroatoms. The van der Waals surface area contributed by atoms with Crippen LogP contribution in [0.25, 0.3) is 0 Å². The Hall–Kier alpha value is -2.61. The second-order valence-corrected chi connectivity index (χ2v) is 5.41. The van der Waals surface area contributed by atoms with Gasteiger partial charge in [-0.15, -0.1) is 0 Å². The van der Waals surface area contributed by atoms with E-state index in [9.17, 15) is 14.4 Å². The monoisotopic (exact) mass is 334 g/mol. The van der Waals surface area contributed by atoms with Crippen LogP contribution in [0.4, 0.5) is 10.5 Å². The number of hydrogen-bond donors (Lipinski definition) is 4. The van der Waals surface area contributed by atoms with E-state index in [0.717, 1.165) is 6.42 Å². The molecule has 24 heavy (non-hydrogen) atoms. The van der Waals surface area contributed by atoms with Crippen LogP contribution < -0.4 is 21.3 Å². The fourth-order valence-corrected chi connectivity index (χ4v) is 2.31. The molecule has 1 atom stereocenters. The molecule has 0 saturated carbocycles. The van der Waals surface area contributed by atoms with E-state index in [1.165, 1.54) is 0 Å². The first-order valence-corrected chi connectivity index (χ1v) is 7.82. The van der Waals surface area contributed by atoms with Crippen LogP contribution >= 0.6 is 0 Å². The van der Waals surface area contributed by atoms with Gasteiger partial charge >= 0.3 is 6.03 Å². The minimum absolute atomic E-state index is 0.167. The zero-order valence-corrected chi connectivity index (χ0v) is 13.6. The van der Waals surface area contributed by atoms with E-state index in [0.29, 0.717) is 37.4 Å². The number of nitrogens with one attached hydrogen (secondary N) is 4. The minimum atomic E-state index is -0.510. The van der Waals surface area contributed by atoms with Crippen molar-refractivity contribution >= 4 is 23.5 Å². The summed E-state index contributed by atoms with van der Waals surface area (Å²) in [5, 5.41) is 10.7. The number of benzene rings is 1. The third-order valence-electron chi connectivity index (χ3n) is 3.59. The maximum atomic E-state index is 11.9. The summed E-state index contributed by atoms with van der Waals surface area (Å²) in [4.78, 5) is 35.4. The highest BCUT2D eigenvalue weighted by molar-refractivity contribution is 5.96. The second kappa shape index (κ2) is 8.88. The molecule has 1 heterocycles. The Kier molecular flexibility index (Phi) is 6.56. The third-order valence-corrected chi connectivity index (χ3v) is 3.59. The summed E-state index contributed by atoms with van der Waals surface area (Å²) >= 11 is 0. The predicted octanol–water partition coefficient (Wildman–Crippen LogP) is 0.463. The molecule has 0 spiro atoms. The first-order valence-electron chi connectivity index (χ1n) is 7.82. The number of methoxy groups -OCH3 is 1. The number of piperidine rings is 1. The number of urea groups is 1. The van der Waals surface area contributed by atoms with Crippen molar-refractivity contribution in [2.75, 3.05) is 32.1 Å². The van der Waals surface area contributed by atoms with Gasteiger partial charge in [-0.2, -0.15) is 0 Å². The Morgan fingerprint density at radius 3 is 2.71 bits per heavy atom. The SMILES string of the molecule is COCCNC(=O)c1ccc(NC(=O)NC2CCCNC2=O)cc1. The van der Waals surface area contributed by atoms with Crippen molar-refractivity contribution in [1.82, 2.24) is 16.0 Å². The fourth-order valence-electron chi connectivity index (χ4n) is 2.31. The van der Waals surface area contributed by atoms with Crippen molar-refractivity contribution in [2.24, 2.45) is 0 Å². The van der Waals surface area contributed by atoms with Gasteiger partial charge in [0.15, 0.2) is 0 Å². The van der Waals surface area contributed by atoms with Gasteiger partial charge in [-0.3, -0.25) is 9.59 Å². The third kappa shape index (κ3) is 5.24. The van der Waals surface area contributed by atoms with E-state index in [2.05, 4.69) is 21.3 Å². The number of anilines is 1. The summed E-state index contributed by atoms with van der Waals surface area (Å²) in [6.45, 7) is 1.52. The van der Waals surface area contributed by atoms with Crippen molar-refractivity contribution in [3.8, 4) is 0 Å². The molecule has 1 saturated heterocycles. The van der Waals surface area contributed by atoms with Crippen molar-refractivity contribution in [2.45, 2.75) is 18.9 Å². The van der Waals surface area contributed by atoms with Gasteiger partial charge in [0.25, 0.3) is 5.91 Å². The highest BCUT2D eigenvalue weighted by atomic mass is 16.5. The van der Waals surface area contributed by atoms with E-state index in [4.69, 9.17) is 4.74 Å². The van der Waals surface area contributed by atoms with Crippen LogP contribution in [0, 0.1) is 0 Å². The van der Waals surface area contributed by atoms with Gasteiger partial charge in [-0.05, 0) is 37.1 Å². The van der Waals surface area contributed by atoms with Crippen molar-refractivity contribution < 1.29 is 19.1 Å². The summed E-state index contributed by atoms with van der Waals surface area (Å²) in [6.07, 6.45) is 1.46. The lowest BCUT2D eigenvalue weighted by atomic mass is 10.1. The normalized spacial score (nSPS) is 16.9. The summed E-state index contributed by atoms with van der Waals surface area (Å²) in [5.74, 6) is -0.374. The topological polar surface area (TPSA) is 109 Å². The quantitative estimate of drug-likeness (QED) is 0.567. The highest BCUT2D eigenvalue weighted by Gasteiger charge is 2.23. The zero-order valence-electron chi connectivity index (χ0n) is 13.6. The number of ether oxygens (including phenoxy) is 1. The molecule has 1 aliphatic rings. The Bertz CT molecular complexity index is 588. The lowest BCUT2D eigenvalue weighted by molar-refractivity contribution is -0.124. The van der Waals surface area contributed by atoms with Crippen molar-refractivity contribution in [1.29, 1.82) is 0 Å². The van der Waals surface area contributed by atoms with E-state index in [1.54, 1.807) is 31.4 Å². The van der Waals surface area contributed by atoms with Crippen LogP contribution in [0.1, 0.15) is 23.2 Å². The van der Waals surface area contributed by atoms with Crippen LogP contribution in [0.5, 0.6) is 0 Å². The van der Waals surface area contributed by atoms with Gasteiger partial charge in [0.05, 0.1) is 6.61 Å². The van der Waals surface area contributed by atoms with Gasteiger partial charge in [0.1, 0.15) is 6.04 Å². The van der Waals surface area contributed by atoms with Crippen molar-refractivity contribution in [3.63, 3.8) is 0 Å². The van der Waals surface area contributed by atoms with Crippen LogP contribution in [0.15, 0.2) is 24.3 Å². The molecule has 130 valence electrons. The number of amides is 4. The Labute approximate surface area is 140 Å². The molecule has 4 amide bonds. The molecule has 1 aromatic carbocycles. The highest BCUT2D eigenvalue weighted by Crippen LogP contribution is 2.10. The van der Waals surface area contributed by atoms with Crippen LogP contribution in [0.2, 0.25) is 0 Å². The maximum Gasteiger partial charge on any atom is 0.319 e. The Morgan fingerprint density at radius 1 is 1.29 bits per heavy atom. The second-order valence-electron chi connectivity index (χ2n) is 5.41. The fraction of sp³-hybridized carbons (Fsp3) is 0.438. The van der Waals surface area contributed by atoms with Gasteiger partial charge in [0.2, 0.25) is 5.91 Å².